The topological polar surface area (TPSA) is 81.2 Å². The summed E-state index contributed by atoms with van der Waals surface area (Å²) in [5.74, 6) is -0.0555. The molecule has 0 aliphatic carbocycles. The van der Waals surface area contributed by atoms with Crippen LogP contribution in [0.5, 0.6) is 11.8 Å². The van der Waals surface area contributed by atoms with E-state index >= 15 is 0 Å². The Hall–Kier alpha value is -2.35. The van der Waals surface area contributed by atoms with Crippen LogP contribution in [-0.4, -0.2) is 67.3 Å². The van der Waals surface area contributed by atoms with Crippen molar-refractivity contribution in [2.24, 2.45) is 0 Å². The van der Waals surface area contributed by atoms with Crippen LogP contribution >= 0.6 is 0 Å². The fourth-order valence-electron chi connectivity index (χ4n) is 2.34. The molecule has 0 aromatic carbocycles. The number of pyridine rings is 1. The van der Waals surface area contributed by atoms with Gasteiger partial charge in [0, 0.05) is 25.8 Å². The molecule has 1 aliphatic heterocycles. The minimum absolute atomic E-state index is 0.0434. The largest absolute Gasteiger partial charge is 0.481 e. The van der Waals surface area contributed by atoms with E-state index in [2.05, 4.69) is 4.98 Å². The lowest BCUT2D eigenvalue weighted by atomic mass is 10.2. The second-order valence-corrected chi connectivity index (χ2v) is 4.85. The number of hydrazine groups is 1. The summed E-state index contributed by atoms with van der Waals surface area (Å²) in [6.45, 7) is 3.17. The Labute approximate surface area is 134 Å². The number of methoxy groups -OCH3 is 2. The highest BCUT2D eigenvalue weighted by Gasteiger charge is 2.32. The molecule has 2 heterocycles. The van der Waals surface area contributed by atoms with Gasteiger partial charge in [-0.15, -0.1) is 0 Å². The lowest BCUT2D eigenvalue weighted by molar-refractivity contribution is -0.145. The molecule has 0 spiro atoms. The average molecular weight is 323 g/mol. The summed E-state index contributed by atoms with van der Waals surface area (Å²) in [6, 6.07) is 3.16. The summed E-state index contributed by atoms with van der Waals surface area (Å²) in [5, 5.41) is 2.83. The van der Waals surface area contributed by atoms with Crippen LogP contribution in [0.3, 0.4) is 0 Å². The molecule has 2 amide bonds. The van der Waals surface area contributed by atoms with Crippen LogP contribution in [0.2, 0.25) is 0 Å². The molecule has 2 rings (SSSR count). The highest BCUT2D eigenvalue weighted by Crippen LogP contribution is 2.23. The highest BCUT2D eigenvalue weighted by molar-refractivity contribution is 5.97. The van der Waals surface area contributed by atoms with E-state index < -0.39 is 0 Å². The van der Waals surface area contributed by atoms with E-state index in [9.17, 15) is 9.59 Å². The SMILES string of the molecule is CCOCC(=O)N1CCCN1C(=O)c1ccc(OC)nc1OC. The Kier molecular flexibility index (Phi) is 5.75. The lowest BCUT2D eigenvalue weighted by Gasteiger charge is -2.28. The first-order chi connectivity index (χ1) is 11.1. The van der Waals surface area contributed by atoms with Crippen molar-refractivity contribution < 1.29 is 23.8 Å². The maximum Gasteiger partial charge on any atom is 0.277 e. The molecule has 1 fully saturated rings. The van der Waals surface area contributed by atoms with Gasteiger partial charge < -0.3 is 14.2 Å². The number of rotatable bonds is 6. The van der Waals surface area contributed by atoms with E-state index in [1.165, 1.54) is 24.2 Å². The summed E-state index contributed by atoms with van der Waals surface area (Å²) in [7, 11) is 2.92. The number of ether oxygens (including phenoxy) is 3. The monoisotopic (exact) mass is 323 g/mol. The van der Waals surface area contributed by atoms with E-state index in [0.717, 1.165) is 6.42 Å². The summed E-state index contributed by atoms with van der Waals surface area (Å²) >= 11 is 0. The molecule has 23 heavy (non-hydrogen) atoms. The number of hydrogen-bond donors (Lipinski definition) is 0. The maximum atomic E-state index is 12.7. The number of carbonyl (C=O) groups is 2. The summed E-state index contributed by atoms with van der Waals surface area (Å²) < 4.78 is 15.3. The van der Waals surface area contributed by atoms with Gasteiger partial charge in [-0.05, 0) is 19.4 Å². The molecule has 1 aliphatic rings. The van der Waals surface area contributed by atoms with E-state index in [-0.39, 0.29) is 29.9 Å². The van der Waals surface area contributed by atoms with Gasteiger partial charge in [-0.2, -0.15) is 4.98 Å². The van der Waals surface area contributed by atoms with Crippen molar-refractivity contribution in [1.82, 2.24) is 15.0 Å². The molecule has 1 aromatic rings. The van der Waals surface area contributed by atoms with E-state index in [4.69, 9.17) is 14.2 Å². The molecule has 0 saturated carbocycles. The van der Waals surface area contributed by atoms with Crippen molar-refractivity contribution in [2.45, 2.75) is 13.3 Å². The molecule has 8 heteroatoms. The fraction of sp³-hybridized carbons (Fsp3) is 0.533. The third kappa shape index (κ3) is 3.70. The van der Waals surface area contributed by atoms with Gasteiger partial charge in [0.2, 0.25) is 11.8 Å². The Morgan fingerprint density at radius 2 is 1.91 bits per heavy atom. The van der Waals surface area contributed by atoms with Crippen molar-refractivity contribution in [3.05, 3.63) is 17.7 Å². The van der Waals surface area contributed by atoms with Crippen LogP contribution in [0.4, 0.5) is 0 Å². The molecule has 0 radical (unpaired) electrons. The number of aromatic nitrogens is 1. The van der Waals surface area contributed by atoms with E-state index in [1.807, 2.05) is 6.92 Å². The van der Waals surface area contributed by atoms with Crippen LogP contribution in [0.15, 0.2) is 12.1 Å². The standard InChI is InChI=1S/C15H21N3O5/c1-4-23-10-13(19)17-8-5-9-18(17)15(20)11-6-7-12(21-2)16-14(11)22-3/h6-7H,4-5,8-10H2,1-3H3. The maximum absolute atomic E-state index is 12.7. The van der Waals surface area contributed by atoms with Crippen molar-refractivity contribution in [3.8, 4) is 11.8 Å². The van der Waals surface area contributed by atoms with Gasteiger partial charge in [0.25, 0.3) is 11.8 Å². The van der Waals surface area contributed by atoms with Gasteiger partial charge in [-0.3, -0.25) is 9.59 Å². The Bertz CT molecular complexity index is 578. The zero-order valence-corrected chi connectivity index (χ0v) is 13.6. The second kappa shape index (κ2) is 7.77. The zero-order valence-electron chi connectivity index (χ0n) is 13.6. The summed E-state index contributed by atoms with van der Waals surface area (Å²) in [5.41, 5.74) is 0.282. The number of amides is 2. The quantitative estimate of drug-likeness (QED) is 0.767. The van der Waals surface area contributed by atoms with Gasteiger partial charge in [-0.25, -0.2) is 10.0 Å². The van der Waals surface area contributed by atoms with Crippen LogP contribution in [0, 0.1) is 0 Å². The van der Waals surface area contributed by atoms with Crippen molar-refractivity contribution in [2.75, 3.05) is 40.5 Å². The van der Waals surface area contributed by atoms with E-state index in [0.29, 0.717) is 25.6 Å². The number of carbonyl (C=O) groups excluding carboxylic acids is 2. The van der Waals surface area contributed by atoms with Crippen molar-refractivity contribution in [1.29, 1.82) is 0 Å². The molecule has 0 bridgehead atoms. The van der Waals surface area contributed by atoms with Crippen LogP contribution < -0.4 is 9.47 Å². The first kappa shape index (κ1) is 17.0. The molecular weight excluding hydrogens is 302 g/mol. The number of hydrogen-bond acceptors (Lipinski definition) is 6. The average Bonchev–Trinajstić information content (AvgIpc) is 3.08. The van der Waals surface area contributed by atoms with Crippen LogP contribution in [0.1, 0.15) is 23.7 Å². The molecular formula is C15H21N3O5. The first-order valence-corrected chi connectivity index (χ1v) is 7.41. The third-order valence-electron chi connectivity index (χ3n) is 3.45. The molecule has 126 valence electrons. The zero-order chi connectivity index (χ0) is 16.8. The molecule has 1 saturated heterocycles. The van der Waals surface area contributed by atoms with Crippen molar-refractivity contribution >= 4 is 11.8 Å². The highest BCUT2D eigenvalue weighted by atomic mass is 16.5. The fourth-order valence-corrected chi connectivity index (χ4v) is 2.34. The molecule has 0 atom stereocenters. The van der Waals surface area contributed by atoms with E-state index in [1.54, 1.807) is 12.1 Å². The Balaban J connectivity index is 2.20. The number of nitrogens with zero attached hydrogens (tertiary/aromatic N) is 3. The van der Waals surface area contributed by atoms with Gasteiger partial charge in [0.05, 0.1) is 14.2 Å². The predicted molar refractivity (Wildman–Crippen MR) is 81.2 cm³/mol. The third-order valence-corrected chi connectivity index (χ3v) is 3.45. The van der Waals surface area contributed by atoms with Gasteiger partial charge in [0.1, 0.15) is 12.2 Å². The second-order valence-electron chi connectivity index (χ2n) is 4.85. The molecule has 8 nitrogen and oxygen atoms in total. The summed E-state index contributed by atoms with van der Waals surface area (Å²) in [6.07, 6.45) is 0.718. The Morgan fingerprint density at radius 1 is 1.17 bits per heavy atom. The molecule has 0 unspecified atom stereocenters. The molecule has 1 aromatic heterocycles. The van der Waals surface area contributed by atoms with Crippen LogP contribution in [0.25, 0.3) is 0 Å². The minimum Gasteiger partial charge on any atom is -0.481 e. The van der Waals surface area contributed by atoms with Gasteiger partial charge in [-0.1, -0.05) is 0 Å². The predicted octanol–water partition coefficient (Wildman–Crippen LogP) is 0.725. The Morgan fingerprint density at radius 3 is 2.57 bits per heavy atom. The normalized spacial score (nSPS) is 14.0. The minimum atomic E-state index is -0.334. The molecule has 0 N–H and O–H groups in total. The van der Waals surface area contributed by atoms with Gasteiger partial charge in [0.15, 0.2) is 0 Å². The lowest BCUT2D eigenvalue weighted by Crippen LogP contribution is -2.46. The van der Waals surface area contributed by atoms with Crippen molar-refractivity contribution in [3.63, 3.8) is 0 Å². The first-order valence-electron chi connectivity index (χ1n) is 7.41. The van der Waals surface area contributed by atoms with Crippen LogP contribution in [-0.2, 0) is 9.53 Å². The summed E-state index contributed by atoms with van der Waals surface area (Å²) in [4.78, 5) is 29.0. The van der Waals surface area contributed by atoms with Gasteiger partial charge >= 0.3 is 0 Å². The smallest absolute Gasteiger partial charge is 0.277 e.